The maximum Gasteiger partial charge on any atom is 0.0527 e. The van der Waals surface area contributed by atoms with Crippen LogP contribution in [0.15, 0.2) is 0 Å². The van der Waals surface area contributed by atoms with E-state index in [1.165, 1.54) is 19.4 Å². The van der Waals surface area contributed by atoms with E-state index in [0.29, 0.717) is 6.04 Å². The highest BCUT2D eigenvalue weighted by Crippen LogP contribution is 2.21. The summed E-state index contributed by atoms with van der Waals surface area (Å²) in [6.07, 6.45) is 4.23. The van der Waals surface area contributed by atoms with Gasteiger partial charge >= 0.3 is 0 Å². The van der Waals surface area contributed by atoms with Crippen molar-refractivity contribution in [2.24, 2.45) is 0 Å². The van der Waals surface area contributed by atoms with Crippen LogP contribution in [-0.2, 0) is 0 Å². The molecule has 2 atom stereocenters. The summed E-state index contributed by atoms with van der Waals surface area (Å²) >= 11 is 0. The van der Waals surface area contributed by atoms with E-state index in [2.05, 4.69) is 16.7 Å². The minimum atomic E-state index is -0.169. The predicted molar refractivity (Wildman–Crippen MR) is 59.0 cm³/mol. The minimum Gasteiger partial charge on any atom is -0.393 e. The standard InChI is InChI=1S/C12H21NO/c1-3-4-5-8-13-9-6-7-12(13)10-11(2)14/h11-12,14H,5-10H2,1-2H3. The Morgan fingerprint density at radius 1 is 1.57 bits per heavy atom. The number of hydrogen-bond acceptors (Lipinski definition) is 2. The van der Waals surface area contributed by atoms with Crippen molar-refractivity contribution in [1.82, 2.24) is 4.90 Å². The lowest BCUT2D eigenvalue weighted by molar-refractivity contribution is 0.135. The molecule has 0 saturated carbocycles. The van der Waals surface area contributed by atoms with Gasteiger partial charge in [-0.25, -0.2) is 0 Å². The van der Waals surface area contributed by atoms with Gasteiger partial charge in [0, 0.05) is 19.0 Å². The number of nitrogens with zero attached hydrogens (tertiary/aromatic N) is 1. The van der Waals surface area contributed by atoms with E-state index in [9.17, 15) is 5.11 Å². The van der Waals surface area contributed by atoms with Crippen LogP contribution in [-0.4, -0.2) is 35.2 Å². The molecule has 0 aromatic carbocycles. The van der Waals surface area contributed by atoms with Crippen LogP contribution in [0.25, 0.3) is 0 Å². The first-order chi connectivity index (χ1) is 6.74. The molecule has 80 valence electrons. The summed E-state index contributed by atoms with van der Waals surface area (Å²) in [5.74, 6) is 6.02. The number of aliphatic hydroxyl groups is 1. The zero-order chi connectivity index (χ0) is 10.4. The molecule has 2 unspecified atom stereocenters. The molecule has 0 aromatic rings. The number of likely N-dealkylation sites (tertiary alicyclic amines) is 1. The van der Waals surface area contributed by atoms with Crippen molar-refractivity contribution < 1.29 is 5.11 Å². The Morgan fingerprint density at radius 3 is 3.00 bits per heavy atom. The minimum absolute atomic E-state index is 0.169. The Hall–Kier alpha value is -0.520. The Labute approximate surface area is 87.3 Å². The van der Waals surface area contributed by atoms with Crippen LogP contribution in [0.3, 0.4) is 0 Å². The lowest BCUT2D eigenvalue weighted by Crippen LogP contribution is -2.32. The number of rotatable bonds is 4. The van der Waals surface area contributed by atoms with Crippen molar-refractivity contribution >= 4 is 0 Å². The van der Waals surface area contributed by atoms with Crippen molar-refractivity contribution in [1.29, 1.82) is 0 Å². The van der Waals surface area contributed by atoms with Crippen molar-refractivity contribution in [3.8, 4) is 11.8 Å². The molecular formula is C12H21NO. The van der Waals surface area contributed by atoms with Crippen LogP contribution in [0, 0.1) is 11.8 Å². The summed E-state index contributed by atoms with van der Waals surface area (Å²) in [5.41, 5.74) is 0. The molecule has 0 radical (unpaired) electrons. The Kier molecular flexibility index (Phi) is 5.00. The van der Waals surface area contributed by atoms with Gasteiger partial charge in [0.05, 0.1) is 6.10 Å². The fourth-order valence-electron chi connectivity index (χ4n) is 2.17. The fourth-order valence-corrected chi connectivity index (χ4v) is 2.17. The average Bonchev–Trinajstić information content (AvgIpc) is 2.52. The van der Waals surface area contributed by atoms with Crippen LogP contribution < -0.4 is 0 Å². The summed E-state index contributed by atoms with van der Waals surface area (Å²) in [6, 6.07) is 0.591. The molecule has 2 heteroatoms. The third kappa shape index (κ3) is 3.69. The van der Waals surface area contributed by atoms with E-state index in [0.717, 1.165) is 19.4 Å². The highest BCUT2D eigenvalue weighted by molar-refractivity contribution is 4.96. The van der Waals surface area contributed by atoms with E-state index >= 15 is 0 Å². The number of hydrogen-bond donors (Lipinski definition) is 1. The van der Waals surface area contributed by atoms with Crippen LogP contribution in [0.5, 0.6) is 0 Å². The van der Waals surface area contributed by atoms with Gasteiger partial charge in [0.15, 0.2) is 0 Å². The van der Waals surface area contributed by atoms with Gasteiger partial charge in [0.1, 0.15) is 0 Å². The second kappa shape index (κ2) is 6.06. The molecule has 0 aliphatic carbocycles. The fraction of sp³-hybridized carbons (Fsp3) is 0.833. The van der Waals surface area contributed by atoms with Crippen LogP contribution in [0.4, 0.5) is 0 Å². The summed E-state index contributed by atoms with van der Waals surface area (Å²) in [5, 5.41) is 9.35. The maximum absolute atomic E-state index is 9.35. The lowest BCUT2D eigenvalue weighted by atomic mass is 10.1. The normalized spacial score (nSPS) is 24.4. The largest absolute Gasteiger partial charge is 0.393 e. The molecule has 1 aliphatic rings. The molecule has 1 saturated heterocycles. The van der Waals surface area contributed by atoms with Crippen molar-refractivity contribution in [2.45, 2.75) is 51.7 Å². The molecule has 0 amide bonds. The van der Waals surface area contributed by atoms with Gasteiger partial charge in [0.25, 0.3) is 0 Å². The molecule has 1 rings (SSSR count). The highest BCUT2D eigenvalue weighted by Gasteiger charge is 2.24. The molecule has 0 bridgehead atoms. The third-order valence-corrected chi connectivity index (χ3v) is 2.81. The molecule has 2 nitrogen and oxygen atoms in total. The van der Waals surface area contributed by atoms with Crippen LogP contribution in [0.1, 0.15) is 39.5 Å². The average molecular weight is 195 g/mol. The molecule has 1 aliphatic heterocycles. The molecule has 0 aromatic heterocycles. The quantitative estimate of drug-likeness (QED) is 0.689. The van der Waals surface area contributed by atoms with Gasteiger partial charge in [-0.2, -0.15) is 0 Å². The maximum atomic E-state index is 9.35. The van der Waals surface area contributed by atoms with Crippen molar-refractivity contribution in [3.05, 3.63) is 0 Å². The second-order valence-corrected chi connectivity index (χ2v) is 4.09. The Bertz CT molecular complexity index is 214. The van der Waals surface area contributed by atoms with E-state index in [-0.39, 0.29) is 6.10 Å². The van der Waals surface area contributed by atoms with Gasteiger partial charge in [0.2, 0.25) is 0 Å². The van der Waals surface area contributed by atoms with E-state index in [1.54, 1.807) is 0 Å². The number of aliphatic hydroxyl groups excluding tert-OH is 1. The smallest absolute Gasteiger partial charge is 0.0527 e. The van der Waals surface area contributed by atoms with Gasteiger partial charge in [-0.15, -0.1) is 11.8 Å². The van der Waals surface area contributed by atoms with E-state index in [4.69, 9.17) is 0 Å². The molecule has 0 spiro atoms. The van der Waals surface area contributed by atoms with Gasteiger partial charge < -0.3 is 5.11 Å². The molecular weight excluding hydrogens is 174 g/mol. The zero-order valence-corrected chi connectivity index (χ0v) is 9.29. The Morgan fingerprint density at radius 2 is 2.36 bits per heavy atom. The summed E-state index contributed by atoms with van der Waals surface area (Å²) in [4.78, 5) is 2.47. The van der Waals surface area contributed by atoms with E-state index < -0.39 is 0 Å². The topological polar surface area (TPSA) is 23.5 Å². The van der Waals surface area contributed by atoms with Crippen LogP contribution >= 0.6 is 0 Å². The van der Waals surface area contributed by atoms with Crippen molar-refractivity contribution in [3.63, 3.8) is 0 Å². The van der Waals surface area contributed by atoms with Gasteiger partial charge in [-0.05, 0) is 39.7 Å². The van der Waals surface area contributed by atoms with Gasteiger partial charge in [-0.3, -0.25) is 4.90 Å². The van der Waals surface area contributed by atoms with E-state index in [1.807, 2.05) is 13.8 Å². The molecule has 1 N–H and O–H groups in total. The van der Waals surface area contributed by atoms with Gasteiger partial charge in [-0.1, -0.05) is 0 Å². The molecule has 14 heavy (non-hydrogen) atoms. The zero-order valence-electron chi connectivity index (χ0n) is 9.29. The first-order valence-electron chi connectivity index (χ1n) is 5.55. The van der Waals surface area contributed by atoms with Crippen LogP contribution in [0.2, 0.25) is 0 Å². The third-order valence-electron chi connectivity index (χ3n) is 2.81. The monoisotopic (exact) mass is 195 g/mol. The molecule has 1 fully saturated rings. The summed E-state index contributed by atoms with van der Waals surface area (Å²) in [7, 11) is 0. The summed E-state index contributed by atoms with van der Waals surface area (Å²) < 4.78 is 0. The first kappa shape index (κ1) is 11.6. The SMILES string of the molecule is CC#CCCN1CCCC1CC(C)O. The molecule has 1 heterocycles. The highest BCUT2D eigenvalue weighted by atomic mass is 16.3. The second-order valence-electron chi connectivity index (χ2n) is 4.09. The first-order valence-corrected chi connectivity index (χ1v) is 5.55. The summed E-state index contributed by atoms with van der Waals surface area (Å²) in [6.45, 7) is 6.01. The predicted octanol–water partition coefficient (Wildman–Crippen LogP) is 1.64. The lowest BCUT2D eigenvalue weighted by Gasteiger charge is -2.24. The Balaban J connectivity index is 2.30. The van der Waals surface area contributed by atoms with Crippen molar-refractivity contribution in [2.75, 3.05) is 13.1 Å².